The van der Waals surface area contributed by atoms with Crippen molar-refractivity contribution in [1.82, 2.24) is 9.38 Å². The summed E-state index contributed by atoms with van der Waals surface area (Å²) in [7, 11) is 0. The standard InChI is InChI=1S/C13H14ClN3/c1-13(2,3)11-10(6-7-15)17-8-4-5-9(14)12(17)16-11/h4-5,8H,6H2,1-3H3. The molecule has 4 heteroatoms. The first-order valence-corrected chi connectivity index (χ1v) is 5.86. The van der Waals surface area contributed by atoms with Crippen LogP contribution in [-0.2, 0) is 11.8 Å². The number of hydrogen-bond acceptors (Lipinski definition) is 2. The highest BCUT2D eigenvalue weighted by Gasteiger charge is 2.24. The van der Waals surface area contributed by atoms with Crippen LogP contribution >= 0.6 is 11.6 Å². The number of nitriles is 1. The Bertz CT molecular complexity index is 599. The van der Waals surface area contributed by atoms with Gasteiger partial charge in [0.1, 0.15) is 0 Å². The van der Waals surface area contributed by atoms with E-state index in [0.29, 0.717) is 11.4 Å². The molecule has 0 spiro atoms. The fourth-order valence-corrected chi connectivity index (χ4v) is 2.13. The van der Waals surface area contributed by atoms with Gasteiger partial charge in [-0.05, 0) is 12.1 Å². The number of nitrogens with zero attached hydrogens (tertiary/aromatic N) is 3. The predicted molar refractivity (Wildman–Crippen MR) is 68.2 cm³/mol. The number of imidazole rings is 1. The highest BCUT2D eigenvalue weighted by atomic mass is 35.5. The zero-order chi connectivity index (χ0) is 12.6. The van der Waals surface area contributed by atoms with Crippen molar-refractivity contribution in [2.75, 3.05) is 0 Å². The molecule has 2 heterocycles. The first-order valence-electron chi connectivity index (χ1n) is 5.48. The van der Waals surface area contributed by atoms with Gasteiger partial charge in [0, 0.05) is 11.6 Å². The Morgan fingerprint density at radius 1 is 1.47 bits per heavy atom. The Hall–Kier alpha value is -1.53. The monoisotopic (exact) mass is 247 g/mol. The third kappa shape index (κ3) is 2.01. The minimum absolute atomic E-state index is 0.0957. The van der Waals surface area contributed by atoms with E-state index in [1.54, 1.807) is 0 Å². The lowest BCUT2D eigenvalue weighted by molar-refractivity contribution is 0.566. The molecule has 0 aromatic carbocycles. The van der Waals surface area contributed by atoms with Crippen LogP contribution in [0.25, 0.3) is 5.65 Å². The quantitative estimate of drug-likeness (QED) is 0.775. The van der Waals surface area contributed by atoms with E-state index < -0.39 is 0 Å². The van der Waals surface area contributed by atoms with E-state index in [4.69, 9.17) is 16.9 Å². The second kappa shape index (κ2) is 4.05. The van der Waals surface area contributed by atoms with Crippen molar-refractivity contribution in [3.63, 3.8) is 0 Å². The maximum Gasteiger partial charge on any atom is 0.156 e. The average molecular weight is 248 g/mol. The summed E-state index contributed by atoms with van der Waals surface area (Å²) >= 11 is 6.13. The fourth-order valence-electron chi connectivity index (χ4n) is 1.93. The molecule has 2 aromatic rings. The van der Waals surface area contributed by atoms with Gasteiger partial charge in [0.25, 0.3) is 0 Å². The van der Waals surface area contributed by atoms with E-state index in [1.165, 1.54) is 0 Å². The van der Waals surface area contributed by atoms with Gasteiger partial charge in [0.2, 0.25) is 0 Å². The van der Waals surface area contributed by atoms with Crippen LogP contribution in [0.1, 0.15) is 32.2 Å². The summed E-state index contributed by atoms with van der Waals surface area (Å²) in [5.74, 6) is 0. The summed E-state index contributed by atoms with van der Waals surface area (Å²) in [6, 6.07) is 5.87. The molecule has 0 radical (unpaired) electrons. The van der Waals surface area contributed by atoms with Crippen LogP contribution in [0.15, 0.2) is 18.3 Å². The summed E-state index contributed by atoms with van der Waals surface area (Å²) in [6.07, 6.45) is 2.24. The molecule has 0 unspecified atom stereocenters. The molecule has 88 valence electrons. The highest BCUT2D eigenvalue weighted by molar-refractivity contribution is 6.33. The highest BCUT2D eigenvalue weighted by Crippen LogP contribution is 2.28. The smallest absolute Gasteiger partial charge is 0.156 e. The SMILES string of the molecule is CC(C)(C)c1nc2c(Cl)cccn2c1CC#N. The number of fused-ring (bicyclic) bond motifs is 1. The Balaban J connectivity index is 2.81. The summed E-state index contributed by atoms with van der Waals surface area (Å²) in [6.45, 7) is 6.26. The molecule has 0 fully saturated rings. The van der Waals surface area contributed by atoms with Gasteiger partial charge in [-0.15, -0.1) is 0 Å². The third-order valence-corrected chi connectivity index (χ3v) is 2.95. The van der Waals surface area contributed by atoms with Crippen LogP contribution in [0.2, 0.25) is 5.02 Å². The lowest BCUT2D eigenvalue weighted by Gasteiger charge is -2.16. The Morgan fingerprint density at radius 3 is 2.76 bits per heavy atom. The Labute approximate surface area is 106 Å². The zero-order valence-electron chi connectivity index (χ0n) is 10.2. The second-order valence-electron chi connectivity index (χ2n) is 5.04. The molecule has 0 saturated carbocycles. The third-order valence-electron chi connectivity index (χ3n) is 2.66. The maximum absolute atomic E-state index is 8.93. The van der Waals surface area contributed by atoms with Gasteiger partial charge < -0.3 is 4.40 Å². The summed E-state index contributed by atoms with van der Waals surface area (Å²) in [5, 5.41) is 9.55. The molecule has 0 amide bonds. The van der Waals surface area contributed by atoms with Crippen molar-refractivity contribution in [3.8, 4) is 6.07 Å². The van der Waals surface area contributed by atoms with E-state index in [9.17, 15) is 0 Å². The first kappa shape index (κ1) is 11.9. The molecule has 17 heavy (non-hydrogen) atoms. The normalized spacial score (nSPS) is 11.7. The molecule has 0 aliphatic heterocycles. The predicted octanol–water partition coefficient (Wildman–Crippen LogP) is 3.35. The topological polar surface area (TPSA) is 41.1 Å². The van der Waals surface area contributed by atoms with Crippen molar-refractivity contribution in [3.05, 3.63) is 34.7 Å². The number of rotatable bonds is 1. The van der Waals surface area contributed by atoms with E-state index in [2.05, 4.69) is 31.8 Å². The van der Waals surface area contributed by atoms with Gasteiger partial charge in [0.05, 0.1) is 28.9 Å². The van der Waals surface area contributed by atoms with Crippen molar-refractivity contribution in [2.24, 2.45) is 0 Å². The van der Waals surface area contributed by atoms with Gasteiger partial charge in [-0.2, -0.15) is 5.26 Å². The van der Waals surface area contributed by atoms with Crippen LogP contribution < -0.4 is 0 Å². The van der Waals surface area contributed by atoms with Gasteiger partial charge in [-0.25, -0.2) is 4.98 Å². The van der Waals surface area contributed by atoms with Crippen molar-refractivity contribution in [1.29, 1.82) is 5.26 Å². The van der Waals surface area contributed by atoms with Gasteiger partial charge >= 0.3 is 0 Å². The van der Waals surface area contributed by atoms with Gasteiger partial charge in [-0.1, -0.05) is 32.4 Å². The van der Waals surface area contributed by atoms with E-state index in [-0.39, 0.29) is 5.41 Å². The van der Waals surface area contributed by atoms with Gasteiger partial charge in [-0.3, -0.25) is 0 Å². The molecule has 2 aromatic heterocycles. The number of halogens is 1. The molecule has 3 nitrogen and oxygen atoms in total. The molecule has 2 rings (SSSR count). The summed E-state index contributed by atoms with van der Waals surface area (Å²) < 4.78 is 1.91. The lowest BCUT2D eigenvalue weighted by atomic mass is 9.90. The van der Waals surface area contributed by atoms with Gasteiger partial charge in [0.15, 0.2) is 5.65 Å². The van der Waals surface area contributed by atoms with E-state index in [0.717, 1.165) is 17.0 Å². The first-order chi connectivity index (χ1) is 7.95. The lowest BCUT2D eigenvalue weighted by Crippen LogP contribution is -2.14. The molecule has 0 N–H and O–H groups in total. The molecule has 0 aliphatic carbocycles. The average Bonchev–Trinajstić information content (AvgIpc) is 2.59. The molecule has 0 aliphatic rings. The second-order valence-corrected chi connectivity index (χ2v) is 5.45. The van der Waals surface area contributed by atoms with Crippen LogP contribution in [0.3, 0.4) is 0 Å². The minimum Gasteiger partial charge on any atom is -0.301 e. The molecule has 0 atom stereocenters. The maximum atomic E-state index is 8.93. The number of pyridine rings is 1. The van der Waals surface area contributed by atoms with Crippen LogP contribution in [-0.4, -0.2) is 9.38 Å². The van der Waals surface area contributed by atoms with Crippen molar-refractivity contribution < 1.29 is 0 Å². The zero-order valence-corrected chi connectivity index (χ0v) is 10.9. The fraction of sp³-hybridized carbons (Fsp3) is 0.385. The van der Waals surface area contributed by atoms with E-state index in [1.807, 2.05) is 22.7 Å². The summed E-state index contributed by atoms with van der Waals surface area (Å²) in [4.78, 5) is 4.58. The Kier molecular flexibility index (Phi) is 2.84. The van der Waals surface area contributed by atoms with Crippen LogP contribution in [0.5, 0.6) is 0 Å². The molecule has 0 saturated heterocycles. The van der Waals surface area contributed by atoms with Crippen LogP contribution in [0.4, 0.5) is 0 Å². The molecular weight excluding hydrogens is 234 g/mol. The number of hydrogen-bond donors (Lipinski definition) is 0. The Morgan fingerprint density at radius 2 is 2.18 bits per heavy atom. The minimum atomic E-state index is -0.0957. The largest absolute Gasteiger partial charge is 0.301 e. The van der Waals surface area contributed by atoms with Crippen molar-refractivity contribution >= 4 is 17.2 Å². The van der Waals surface area contributed by atoms with E-state index >= 15 is 0 Å². The summed E-state index contributed by atoms with van der Waals surface area (Å²) in [5.41, 5.74) is 2.50. The number of aromatic nitrogens is 2. The van der Waals surface area contributed by atoms with Crippen LogP contribution in [0, 0.1) is 11.3 Å². The van der Waals surface area contributed by atoms with Crippen molar-refractivity contribution in [2.45, 2.75) is 32.6 Å². The molecule has 0 bridgehead atoms. The molecular formula is C13H14ClN3.